The molecule has 3 nitrogen and oxygen atoms in total. The van der Waals surface area contributed by atoms with Crippen LogP contribution in [0.5, 0.6) is 0 Å². The van der Waals surface area contributed by atoms with E-state index in [1.807, 2.05) is 6.92 Å². The molecule has 0 aromatic rings. The monoisotopic (exact) mass is 262 g/mol. The SMILES string of the molecule is CC(C)C(C(C)O)C1CCCC(S(C)(=O)=O)C1. The number of aliphatic hydroxyl groups excluding tert-OH is 1. The molecule has 0 spiro atoms. The fourth-order valence-corrected chi connectivity index (χ4v) is 4.61. The van der Waals surface area contributed by atoms with Crippen molar-refractivity contribution in [3.8, 4) is 0 Å². The third kappa shape index (κ3) is 3.95. The van der Waals surface area contributed by atoms with Gasteiger partial charge in [0.1, 0.15) is 9.84 Å². The smallest absolute Gasteiger partial charge is 0.150 e. The van der Waals surface area contributed by atoms with Gasteiger partial charge in [0.05, 0.1) is 11.4 Å². The number of rotatable bonds is 4. The first kappa shape index (κ1) is 15.0. The average Bonchev–Trinajstić information content (AvgIpc) is 2.15. The van der Waals surface area contributed by atoms with E-state index in [0.717, 1.165) is 25.7 Å². The molecule has 1 saturated carbocycles. The number of sulfone groups is 1. The van der Waals surface area contributed by atoms with Crippen molar-refractivity contribution in [1.82, 2.24) is 0 Å². The van der Waals surface area contributed by atoms with Crippen molar-refractivity contribution in [1.29, 1.82) is 0 Å². The van der Waals surface area contributed by atoms with E-state index >= 15 is 0 Å². The summed E-state index contributed by atoms with van der Waals surface area (Å²) < 4.78 is 23.3. The van der Waals surface area contributed by atoms with Gasteiger partial charge in [0.15, 0.2) is 0 Å². The van der Waals surface area contributed by atoms with Gasteiger partial charge in [0, 0.05) is 6.26 Å². The minimum Gasteiger partial charge on any atom is -0.393 e. The van der Waals surface area contributed by atoms with Crippen LogP contribution in [0.4, 0.5) is 0 Å². The van der Waals surface area contributed by atoms with Crippen molar-refractivity contribution in [2.75, 3.05) is 6.26 Å². The molecule has 1 N–H and O–H groups in total. The van der Waals surface area contributed by atoms with Gasteiger partial charge < -0.3 is 5.11 Å². The van der Waals surface area contributed by atoms with Gasteiger partial charge in [-0.05, 0) is 43.9 Å². The van der Waals surface area contributed by atoms with Gasteiger partial charge in [-0.25, -0.2) is 8.42 Å². The van der Waals surface area contributed by atoms with Crippen LogP contribution in [0.2, 0.25) is 0 Å². The first-order valence-corrected chi connectivity index (χ1v) is 8.56. The van der Waals surface area contributed by atoms with Gasteiger partial charge >= 0.3 is 0 Å². The molecule has 4 heteroatoms. The lowest BCUT2D eigenvalue weighted by atomic mass is 9.72. The highest BCUT2D eigenvalue weighted by atomic mass is 32.2. The van der Waals surface area contributed by atoms with Crippen molar-refractivity contribution >= 4 is 9.84 Å². The first-order valence-electron chi connectivity index (χ1n) is 6.60. The molecule has 102 valence electrons. The van der Waals surface area contributed by atoms with E-state index in [0.29, 0.717) is 11.8 Å². The van der Waals surface area contributed by atoms with Crippen molar-refractivity contribution in [3.63, 3.8) is 0 Å². The zero-order chi connectivity index (χ0) is 13.2. The molecule has 1 fully saturated rings. The predicted molar refractivity (Wildman–Crippen MR) is 70.6 cm³/mol. The molecule has 0 bridgehead atoms. The first-order chi connectivity index (χ1) is 7.73. The second-order valence-electron chi connectivity index (χ2n) is 5.94. The van der Waals surface area contributed by atoms with E-state index in [9.17, 15) is 13.5 Å². The van der Waals surface area contributed by atoms with E-state index in [1.165, 1.54) is 6.26 Å². The molecule has 1 aliphatic rings. The molecule has 4 unspecified atom stereocenters. The van der Waals surface area contributed by atoms with E-state index in [4.69, 9.17) is 0 Å². The van der Waals surface area contributed by atoms with Gasteiger partial charge in [-0.15, -0.1) is 0 Å². The number of aliphatic hydroxyl groups is 1. The van der Waals surface area contributed by atoms with Crippen LogP contribution < -0.4 is 0 Å². The number of hydrogen-bond donors (Lipinski definition) is 1. The van der Waals surface area contributed by atoms with E-state index in [-0.39, 0.29) is 17.3 Å². The third-order valence-corrected chi connectivity index (χ3v) is 5.78. The van der Waals surface area contributed by atoms with Crippen molar-refractivity contribution in [2.45, 2.75) is 57.8 Å². The Morgan fingerprint density at radius 3 is 2.18 bits per heavy atom. The summed E-state index contributed by atoms with van der Waals surface area (Å²) >= 11 is 0. The quantitative estimate of drug-likeness (QED) is 0.845. The van der Waals surface area contributed by atoms with Crippen LogP contribution in [0.1, 0.15) is 46.5 Å². The summed E-state index contributed by atoms with van der Waals surface area (Å²) in [6.45, 7) is 6.05. The van der Waals surface area contributed by atoms with Gasteiger partial charge in [0.25, 0.3) is 0 Å². The van der Waals surface area contributed by atoms with Crippen LogP contribution in [0.15, 0.2) is 0 Å². The maximum Gasteiger partial charge on any atom is 0.150 e. The second-order valence-corrected chi connectivity index (χ2v) is 8.27. The molecule has 1 aliphatic carbocycles. The molecule has 0 aromatic heterocycles. The van der Waals surface area contributed by atoms with Gasteiger partial charge in [0.2, 0.25) is 0 Å². The summed E-state index contributed by atoms with van der Waals surface area (Å²) in [5.41, 5.74) is 0. The Bertz CT molecular complexity index is 325. The molecular weight excluding hydrogens is 236 g/mol. The van der Waals surface area contributed by atoms with Gasteiger partial charge in [-0.2, -0.15) is 0 Å². The molecule has 0 radical (unpaired) electrons. The molecule has 0 aromatic carbocycles. The van der Waals surface area contributed by atoms with E-state index < -0.39 is 9.84 Å². The Morgan fingerprint density at radius 1 is 1.18 bits per heavy atom. The van der Waals surface area contributed by atoms with Crippen LogP contribution in [0.25, 0.3) is 0 Å². The Labute approximate surface area is 106 Å². The zero-order valence-corrected chi connectivity index (χ0v) is 12.2. The predicted octanol–water partition coefficient (Wildman–Crippen LogP) is 2.24. The number of hydrogen-bond acceptors (Lipinski definition) is 3. The molecule has 17 heavy (non-hydrogen) atoms. The summed E-state index contributed by atoms with van der Waals surface area (Å²) in [4.78, 5) is 0. The highest BCUT2D eigenvalue weighted by Gasteiger charge is 2.35. The Hall–Kier alpha value is -0.0900. The van der Waals surface area contributed by atoms with Crippen molar-refractivity contribution < 1.29 is 13.5 Å². The summed E-state index contributed by atoms with van der Waals surface area (Å²) in [7, 11) is -2.93. The standard InChI is InChI=1S/C13H26O3S/c1-9(2)13(10(3)14)11-6-5-7-12(8-11)17(4,15)16/h9-14H,5-8H2,1-4H3. The highest BCUT2D eigenvalue weighted by molar-refractivity contribution is 7.91. The average molecular weight is 262 g/mol. The maximum absolute atomic E-state index is 11.6. The second kappa shape index (κ2) is 5.70. The van der Waals surface area contributed by atoms with Crippen LogP contribution in [0, 0.1) is 17.8 Å². The van der Waals surface area contributed by atoms with Crippen LogP contribution >= 0.6 is 0 Å². The normalized spacial score (nSPS) is 30.2. The fourth-order valence-electron chi connectivity index (χ4n) is 3.41. The van der Waals surface area contributed by atoms with Crippen LogP contribution in [-0.2, 0) is 9.84 Å². The largest absolute Gasteiger partial charge is 0.393 e. The lowest BCUT2D eigenvalue weighted by molar-refractivity contribution is 0.0436. The lowest BCUT2D eigenvalue weighted by Crippen LogP contribution is -2.37. The molecule has 0 saturated heterocycles. The third-order valence-electron chi connectivity index (χ3n) is 4.14. The van der Waals surface area contributed by atoms with Gasteiger partial charge in [-0.1, -0.05) is 20.3 Å². The van der Waals surface area contributed by atoms with Gasteiger partial charge in [-0.3, -0.25) is 0 Å². The minimum atomic E-state index is -2.93. The van der Waals surface area contributed by atoms with E-state index in [2.05, 4.69) is 13.8 Å². The summed E-state index contributed by atoms with van der Waals surface area (Å²) in [6.07, 6.45) is 4.54. The maximum atomic E-state index is 11.6. The molecule has 0 heterocycles. The zero-order valence-electron chi connectivity index (χ0n) is 11.4. The summed E-state index contributed by atoms with van der Waals surface area (Å²) in [6, 6.07) is 0. The summed E-state index contributed by atoms with van der Waals surface area (Å²) in [5.74, 6) is 0.973. The molecule has 4 atom stereocenters. The molecular formula is C13H26O3S. The lowest BCUT2D eigenvalue weighted by Gasteiger charge is -2.37. The Morgan fingerprint density at radius 2 is 1.76 bits per heavy atom. The van der Waals surface area contributed by atoms with Crippen molar-refractivity contribution in [2.24, 2.45) is 17.8 Å². The molecule has 1 rings (SSSR count). The molecule has 0 amide bonds. The van der Waals surface area contributed by atoms with E-state index in [1.54, 1.807) is 0 Å². The molecule has 0 aliphatic heterocycles. The Balaban J connectivity index is 2.78. The summed E-state index contributed by atoms with van der Waals surface area (Å²) in [5, 5.41) is 9.68. The minimum absolute atomic E-state index is 0.193. The van der Waals surface area contributed by atoms with Crippen molar-refractivity contribution in [3.05, 3.63) is 0 Å². The van der Waals surface area contributed by atoms with Crippen LogP contribution in [0.3, 0.4) is 0 Å². The topological polar surface area (TPSA) is 54.4 Å². The Kier molecular flexibility index (Phi) is 5.02. The fraction of sp³-hybridized carbons (Fsp3) is 1.00. The van der Waals surface area contributed by atoms with Crippen LogP contribution in [-0.4, -0.2) is 31.1 Å². The highest BCUT2D eigenvalue weighted by Crippen LogP contribution is 2.37.